The summed E-state index contributed by atoms with van der Waals surface area (Å²) in [7, 11) is 3.06. The van der Waals surface area contributed by atoms with Gasteiger partial charge in [-0.05, 0) is 58.6 Å². The van der Waals surface area contributed by atoms with Crippen molar-refractivity contribution in [1.29, 1.82) is 0 Å². The number of halogens is 1. The van der Waals surface area contributed by atoms with Gasteiger partial charge in [-0.3, -0.25) is 9.59 Å². The van der Waals surface area contributed by atoms with Crippen LogP contribution in [0.15, 0.2) is 40.9 Å². The van der Waals surface area contributed by atoms with Crippen LogP contribution in [0.2, 0.25) is 0 Å². The van der Waals surface area contributed by atoms with Gasteiger partial charge in [0.15, 0.2) is 0 Å². The first-order valence-electron chi connectivity index (χ1n) is 8.61. The third-order valence-electron chi connectivity index (χ3n) is 4.30. The number of amides is 2. The van der Waals surface area contributed by atoms with Gasteiger partial charge < -0.3 is 20.1 Å². The molecule has 0 bridgehead atoms. The predicted molar refractivity (Wildman–Crippen MR) is 106 cm³/mol. The van der Waals surface area contributed by atoms with E-state index in [4.69, 9.17) is 9.47 Å². The molecule has 1 aliphatic carbocycles. The Labute approximate surface area is 166 Å². The molecule has 6 nitrogen and oxygen atoms in total. The first kappa shape index (κ1) is 19.2. The lowest BCUT2D eigenvalue weighted by Crippen LogP contribution is -2.23. The van der Waals surface area contributed by atoms with Crippen LogP contribution in [0.3, 0.4) is 0 Å². The van der Waals surface area contributed by atoms with Crippen molar-refractivity contribution in [3.8, 4) is 11.5 Å². The number of hydrogen-bond acceptors (Lipinski definition) is 4. The maximum Gasteiger partial charge on any atom is 0.251 e. The molecule has 142 valence electrons. The van der Waals surface area contributed by atoms with Crippen molar-refractivity contribution in [2.24, 2.45) is 5.92 Å². The van der Waals surface area contributed by atoms with Gasteiger partial charge in [-0.25, -0.2) is 0 Å². The minimum atomic E-state index is -0.244. The van der Waals surface area contributed by atoms with Crippen LogP contribution in [0, 0.1) is 5.92 Å². The summed E-state index contributed by atoms with van der Waals surface area (Å²) < 4.78 is 11.2. The Bertz CT molecular complexity index is 840. The Morgan fingerprint density at radius 3 is 2.37 bits per heavy atom. The molecule has 0 radical (unpaired) electrons. The number of benzene rings is 2. The summed E-state index contributed by atoms with van der Waals surface area (Å²) in [6.45, 7) is 0.340. The highest BCUT2D eigenvalue weighted by molar-refractivity contribution is 9.10. The molecule has 27 heavy (non-hydrogen) atoms. The first-order chi connectivity index (χ1) is 13.0. The van der Waals surface area contributed by atoms with Crippen LogP contribution in [0.5, 0.6) is 11.5 Å². The van der Waals surface area contributed by atoms with Gasteiger partial charge in [-0.2, -0.15) is 0 Å². The normalized spacial score (nSPS) is 13.0. The highest BCUT2D eigenvalue weighted by Gasteiger charge is 2.29. The number of rotatable bonds is 7. The first-order valence-corrected chi connectivity index (χ1v) is 9.40. The van der Waals surface area contributed by atoms with Crippen molar-refractivity contribution >= 4 is 33.4 Å². The van der Waals surface area contributed by atoms with Crippen molar-refractivity contribution in [2.45, 2.75) is 19.4 Å². The highest BCUT2D eigenvalue weighted by Crippen LogP contribution is 2.35. The maximum absolute atomic E-state index is 12.5. The summed E-state index contributed by atoms with van der Waals surface area (Å²) >= 11 is 3.39. The Hall–Kier alpha value is -2.54. The molecule has 0 saturated heterocycles. The van der Waals surface area contributed by atoms with Crippen LogP contribution in [0.1, 0.15) is 28.8 Å². The minimum Gasteiger partial charge on any atom is -0.495 e. The molecule has 0 spiro atoms. The number of carbonyl (C=O) groups excluding carboxylic acids is 2. The van der Waals surface area contributed by atoms with E-state index in [9.17, 15) is 9.59 Å². The summed E-state index contributed by atoms with van der Waals surface area (Å²) in [5.41, 5.74) is 2.07. The monoisotopic (exact) mass is 432 g/mol. The average Bonchev–Trinajstić information content (AvgIpc) is 3.52. The van der Waals surface area contributed by atoms with Gasteiger partial charge in [0.2, 0.25) is 5.91 Å². The lowest BCUT2D eigenvalue weighted by Gasteiger charge is -2.12. The van der Waals surface area contributed by atoms with E-state index in [-0.39, 0.29) is 17.7 Å². The maximum atomic E-state index is 12.5. The van der Waals surface area contributed by atoms with Crippen LogP contribution in [0.25, 0.3) is 0 Å². The molecule has 0 aliphatic heterocycles. The van der Waals surface area contributed by atoms with Crippen molar-refractivity contribution < 1.29 is 19.1 Å². The fourth-order valence-electron chi connectivity index (χ4n) is 2.63. The zero-order valence-corrected chi connectivity index (χ0v) is 16.8. The molecule has 2 aromatic carbocycles. The Balaban J connectivity index is 1.66. The molecule has 0 atom stereocenters. The number of carbonyl (C=O) groups is 2. The van der Waals surface area contributed by atoms with Crippen molar-refractivity contribution in [3.05, 3.63) is 52.0 Å². The molecule has 1 saturated carbocycles. The summed E-state index contributed by atoms with van der Waals surface area (Å²) in [5.74, 6) is 1.00. The zero-order chi connectivity index (χ0) is 19.4. The second-order valence-corrected chi connectivity index (χ2v) is 7.13. The van der Waals surface area contributed by atoms with Gasteiger partial charge in [-0.1, -0.05) is 12.1 Å². The molecule has 0 unspecified atom stereocenters. The fraction of sp³-hybridized carbons (Fsp3) is 0.300. The highest BCUT2D eigenvalue weighted by atomic mass is 79.9. The van der Waals surface area contributed by atoms with Crippen LogP contribution in [-0.2, 0) is 11.3 Å². The van der Waals surface area contributed by atoms with Gasteiger partial charge in [0.25, 0.3) is 5.91 Å². The smallest absolute Gasteiger partial charge is 0.251 e. The molecule has 2 amide bonds. The summed E-state index contributed by atoms with van der Waals surface area (Å²) in [6.07, 6.45) is 1.92. The van der Waals surface area contributed by atoms with E-state index in [1.807, 2.05) is 24.3 Å². The van der Waals surface area contributed by atoms with Crippen molar-refractivity contribution in [2.75, 3.05) is 19.5 Å². The predicted octanol–water partition coefficient (Wildman–Crippen LogP) is 3.74. The SMILES string of the molecule is COc1cc(C(=O)NCc2cccc(NC(=O)C3CC3)c2)cc(OC)c1Br. The molecule has 2 N–H and O–H groups in total. The largest absolute Gasteiger partial charge is 0.495 e. The van der Waals surface area contributed by atoms with E-state index < -0.39 is 0 Å². The third kappa shape index (κ3) is 4.80. The number of anilines is 1. The molecule has 7 heteroatoms. The van der Waals surface area contributed by atoms with Crippen LogP contribution in [-0.4, -0.2) is 26.0 Å². The molecule has 0 aromatic heterocycles. The van der Waals surface area contributed by atoms with E-state index in [2.05, 4.69) is 26.6 Å². The Morgan fingerprint density at radius 2 is 1.78 bits per heavy atom. The topological polar surface area (TPSA) is 76.7 Å². The molecule has 1 aliphatic rings. The van der Waals surface area contributed by atoms with Gasteiger partial charge in [0, 0.05) is 23.7 Å². The Morgan fingerprint density at radius 1 is 1.11 bits per heavy atom. The van der Waals surface area contributed by atoms with Gasteiger partial charge in [0.1, 0.15) is 16.0 Å². The van der Waals surface area contributed by atoms with E-state index >= 15 is 0 Å². The van der Waals surface area contributed by atoms with E-state index in [0.29, 0.717) is 28.1 Å². The van der Waals surface area contributed by atoms with Gasteiger partial charge in [0.05, 0.1) is 14.2 Å². The Kier molecular flexibility index (Phi) is 6.01. The van der Waals surface area contributed by atoms with E-state index in [1.165, 1.54) is 14.2 Å². The molecular formula is C20H21BrN2O4. The van der Waals surface area contributed by atoms with Gasteiger partial charge >= 0.3 is 0 Å². The number of methoxy groups -OCH3 is 2. The molecule has 1 fully saturated rings. The molecule has 3 rings (SSSR count). The van der Waals surface area contributed by atoms with E-state index in [0.717, 1.165) is 24.1 Å². The van der Waals surface area contributed by atoms with E-state index in [1.54, 1.807) is 12.1 Å². The summed E-state index contributed by atoms with van der Waals surface area (Å²) in [5, 5.41) is 5.78. The number of nitrogens with one attached hydrogen (secondary N) is 2. The van der Waals surface area contributed by atoms with Crippen LogP contribution in [0.4, 0.5) is 5.69 Å². The number of hydrogen-bond donors (Lipinski definition) is 2. The second-order valence-electron chi connectivity index (χ2n) is 6.34. The van der Waals surface area contributed by atoms with Gasteiger partial charge in [-0.15, -0.1) is 0 Å². The molecule has 2 aromatic rings. The second kappa shape index (κ2) is 8.43. The van der Waals surface area contributed by atoms with Crippen LogP contribution < -0.4 is 20.1 Å². The number of ether oxygens (including phenoxy) is 2. The summed E-state index contributed by atoms with van der Waals surface area (Å²) in [6, 6.07) is 10.8. The quantitative estimate of drug-likeness (QED) is 0.698. The minimum absolute atomic E-state index is 0.0604. The molecule has 0 heterocycles. The summed E-state index contributed by atoms with van der Waals surface area (Å²) in [4.78, 5) is 24.4. The standard InChI is InChI=1S/C20H21BrN2O4/c1-26-16-9-14(10-17(27-2)18(16)21)19(24)22-11-12-4-3-5-15(8-12)23-20(25)13-6-7-13/h3-5,8-10,13H,6-7,11H2,1-2H3,(H,22,24)(H,23,25). The fourth-order valence-corrected chi connectivity index (χ4v) is 3.19. The van der Waals surface area contributed by atoms with Crippen molar-refractivity contribution in [3.63, 3.8) is 0 Å². The lowest BCUT2D eigenvalue weighted by atomic mass is 10.1. The lowest BCUT2D eigenvalue weighted by molar-refractivity contribution is -0.117. The average molecular weight is 433 g/mol. The third-order valence-corrected chi connectivity index (χ3v) is 5.09. The zero-order valence-electron chi connectivity index (χ0n) is 15.2. The molecular weight excluding hydrogens is 412 g/mol. The van der Waals surface area contributed by atoms with Crippen molar-refractivity contribution in [1.82, 2.24) is 5.32 Å². The van der Waals surface area contributed by atoms with Crippen LogP contribution >= 0.6 is 15.9 Å².